The highest BCUT2D eigenvalue weighted by Gasteiger charge is 2.44. The minimum atomic E-state index is -3.63. The van der Waals surface area contributed by atoms with E-state index in [0.29, 0.717) is 48.9 Å². The van der Waals surface area contributed by atoms with Crippen molar-refractivity contribution >= 4 is 73.5 Å². The quantitative estimate of drug-likeness (QED) is 0.0675. The fraction of sp³-hybridized carbons (Fsp3) is 0.333. The largest absolute Gasteiger partial charge is 0.385 e. The van der Waals surface area contributed by atoms with Crippen LogP contribution in [-0.2, 0) is 33.9 Å². The molecule has 59 heavy (non-hydrogen) atoms. The number of carbonyl (C=O) groups excluding carboxylic acids is 7. The van der Waals surface area contributed by atoms with Crippen molar-refractivity contribution in [3.63, 3.8) is 0 Å². The molecule has 2 atom stereocenters. The molecule has 2 aromatic carbocycles. The number of amides is 7. The average Bonchev–Trinajstić information content (AvgIpc) is 3.95. The van der Waals surface area contributed by atoms with Crippen LogP contribution in [0.25, 0.3) is 11.3 Å². The number of fused-ring (bicyclic) bond motifs is 1. The molecule has 20 heteroatoms. The first-order chi connectivity index (χ1) is 28.3. The summed E-state index contributed by atoms with van der Waals surface area (Å²) in [6, 6.07) is 13.3. The number of unbranched alkanes of at least 4 members (excludes halogenated alkanes) is 1. The van der Waals surface area contributed by atoms with Crippen molar-refractivity contribution in [3.8, 4) is 11.3 Å². The van der Waals surface area contributed by atoms with Gasteiger partial charge in [0.15, 0.2) is 5.13 Å². The molecule has 4 heterocycles. The first-order valence-electron chi connectivity index (χ1n) is 18.7. The number of nitrogens with one attached hydrogen (secondary N) is 5. The van der Waals surface area contributed by atoms with E-state index in [2.05, 4.69) is 31.6 Å². The predicted octanol–water partition coefficient (Wildman–Crippen LogP) is 2.36. The van der Waals surface area contributed by atoms with Crippen LogP contribution in [0.4, 0.5) is 10.8 Å². The number of imide groups is 2. The van der Waals surface area contributed by atoms with Gasteiger partial charge in [-0.2, -0.15) is 0 Å². The number of aromatic nitrogens is 2. The first kappa shape index (κ1) is 42.4. The molecule has 0 bridgehead atoms. The van der Waals surface area contributed by atoms with Crippen molar-refractivity contribution in [3.05, 3.63) is 89.1 Å². The van der Waals surface area contributed by atoms with E-state index in [1.807, 2.05) is 30.3 Å². The lowest BCUT2D eigenvalue weighted by molar-refractivity contribution is -0.136. The SMILES string of the molecule is CS(=O)(=O)n1ccc(C(=O)NC(COCCCC(=O)NCCCCNc2ccc3c(c2)C(=O)N(C2CCC(=O)NC2=O)C3=O)C(=O)Nc2nc(-c3ccccc3)cs2)c1. The zero-order valence-corrected chi connectivity index (χ0v) is 33.5. The van der Waals surface area contributed by atoms with Gasteiger partial charge in [0, 0.05) is 61.6 Å². The number of benzene rings is 2. The molecule has 5 N–H and O–H groups in total. The van der Waals surface area contributed by atoms with Gasteiger partial charge in [0.2, 0.25) is 27.7 Å². The second kappa shape index (κ2) is 19.0. The van der Waals surface area contributed by atoms with E-state index < -0.39 is 57.6 Å². The number of nitrogens with zero attached hydrogens (tertiary/aromatic N) is 3. The molecule has 4 aromatic rings. The third-order valence-corrected chi connectivity index (χ3v) is 11.2. The number of rotatable bonds is 19. The van der Waals surface area contributed by atoms with Crippen LogP contribution in [0.1, 0.15) is 69.6 Å². The summed E-state index contributed by atoms with van der Waals surface area (Å²) in [4.78, 5) is 94.0. The minimum Gasteiger partial charge on any atom is -0.385 e. The van der Waals surface area contributed by atoms with E-state index >= 15 is 0 Å². The molecule has 0 spiro atoms. The molecule has 7 amide bonds. The van der Waals surface area contributed by atoms with Crippen LogP contribution in [0.2, 0.25) is 0 Å². The van der Waals surface area contributed by atoms with Crippen molar-refractivity contribution in [1.82, 2.24) is 29.8 Å². The lowest BCUT2D eigenvalue weighted by Gasteiger charge is -2.27. The van der Waals surface area contributed by atoms with Gasteiger partial charge in [-0.05, 0) is 49.9 Å². The Hall–Kier alpha value is -6.25. The van der Waals surface area contributed by atoms with Crippen LogP contribution in [-0.4, -0.2) is 108 Å². The molecule has 0 saturated carbocycles. The highest BCUT2D eigenvalue weighted by molar-refractivity contribution is 7.89. The maximum absolute atomic E-state index is 13.3. The molecule has 1 fully saturated rings. The summed E-state index contributed by atoms with van der Waals surface area (Å²) in [5.41, 5.74) is 2.54. The van der Waals surface area contributed by atoms with Gasteiger partial charge in [0.05, 0.1) is 35.2 Å². The second-order valence-corrected chi connectivity index (χ2v) is 16.5. The van der Waals surface area contributed by atoms with Crippen LogP contribution < -0.4 is 26.6 Å². The average molecular weight is 847 g/mol. The van der Waals surface area contributed by atoms with Crippen molar-refractivity contribution in [2.24, 2.45) is 0 Å². The van der Waals surface area contributed by atoms with Crippen molar-refractivity contribution in [1.29, 1.82) is 0 Å². The van der Waals surface area contributed by atoms with Gasteiger partial charge in [0.25, 0.3) is 23.6 Å². The Kier molecular flexibility index (Phi) is 13.6. The van der Waals surface area contributed by atoms with Gasteiger partial charge in [-0.15, -0.1) is 11.3 Å². The number of hydrogen-bond donors (Lipinski definition) is 5. The Morgan fingerprint density at radius 2 is 1.75 bits per heavy atom. The summed E-state index contributed by atoms with van der Waals surface area (Å²) >= 11 is 1.21. The van der Waals surface area contributed by atoms with Crippen LogP contribution in [0.5, 0.6) is 0 Å². The van der Waals surface area contributed by atoms with Gasteiger partial charge >= 0.3 is 0 Å². The molecule has 6 rings (SSSR count). The van der Waals surface area contributed by atoms with E-state index in [9.17, 15) is 42.0 Å². The molecule has 2 aliphatic heterocycles. The van der Waals surface area contributed by atoms with E-state index in [1.165, 1.54) is 29.7 Å². The normalized spacial score (nSPS) is 15.7. The number of hydrogen-bond acceptors (Lipinski definition) is 13. The molecule has 2 unspecified atom stereocenters. The molecule has 310 valence electrons. The van der Waals surface area contributed by atoms with Gasteiger partial charge in [0.1, 0.15) is 12.1 Å². The topological polar surface area (TPSA) is 244 Å². The van der Waals surface area contributed by atoms with Crippen LogP contribution >= 0.6 is 11.3 Å². The predicted molar refractivity (Wildman–Crippen MR) is 216 cm³/mol. The maximum Gasteiger partial charge on any atom is 0.262 e. The number of anilines is 2. The standard InChI is InChI=1S/C39H42N8O10S2/c1-59(55,56)46-18-15-25(21-46)34(50)42-29(35(51)45-39-43-30(23-58-39)24-8-3-2-4-9-24)22-57-19-7-10-32(48)41-17-6-5-16-40-26-11-12-27-28(20-26)38(54)47(37(27)53)31-13-14-33(49)44-36(31)52/h2-4,8-9,11-12,15,18,20-21,23,29,31,40H,5-7,10,13-14,16-17,19,22H2,1H3,(H,41,48)(H,42,50)(H,43,45,51)(H,44,49,52). The van der Waals surface area contributed by atoms with Crippen LogP contribution in [0.15, 0.2) is 72.4 Å². The fourth-order valence-electron chi connectivity index (χ4n) is 6.32. The molecule has 2 aliphatic rings. The van der Waals surface area contributed by atoms with E-state index in [1.54, 1.807) is 17.5 Å². The zero-order valence-electron chi connectivity index (χ0n) is 31.9. The third kappa shape index (κ3) is 10.8. The van der Waals surface area contributed by atoms with Crippen LogP contribution in [0, 0.1) is 0 Å². The number of carbonyl (C=O) groups is 7. The molecular formula is C39H42N8O10S2. The Balaban J connectivity index is 0.907. The number of piperidine rings is 1. The molecular weight excluding hydrogens is 805 g/mol. The second-order valence-electron chi connectivity index (χ2n) is 13.8. The summed E-state index contributed by atoms with van der Waals surface area (Å²) in [7, 11) is -3.63. The number of thiazole rings is 1. The van der Waals surface area contributed by atoms with Crippen LogP contribution in [0.3, 0.4) is 0 Å². The Morgan fingerprint density at radius 1 is 0.983 bits per heavy atom. The molecule has 0 radical (unpaired) electrons. The first-order valence-corrected chi connectivity index (χ1v) is 21.5. The third-order valence-electron chi connectivity index (χ3n) is 9.41. The summed E-state index contributed by atoms with van der Waals surface area (Å²) in [6.45, 7) is 0.810. The smallest absolute Gasteiger partial charge is 0.262 e. The van der Waals surface area contributed by atoms with Crippen molar-refractivity contribution in [2.45, 2.75) is 50.6 Å². The molecule has 1 saturated heterocycles. The summed E-state index contributed by atoms with van der Waals surface area (Å²) in [5, 5.41) is 15.6. The van der Waals surface area contributed by atoms with E-state index in [0.717, 1.165) is 26.9 Å². The van der Waals surface area contributed by atoms with Gasteiger partial charge in [-0.3, -0.25) is 47.8 Å². The molecule has 2 aromatic heterocycles. The van der Waals surface area contributed by atoms with E-state index in [4.69, 9.17) is 4.74 Å². The Morgan fingerprint density at radius 3 is 2.49 bits per heavy atom. The highest BCUT2D eigenvalue weighted by atomic mass is 32.2. The maximum atomic E-state index is 13.3. The summed E-state index contributed by atoms with van der Waals surface area (Å²) in [5.74, 6) is -3.75. The lowest BCUT2D eigenvalue weighted by Crippen LogP contribution is -2.54. The zero-order chi connectivity index (χ0) is 42.1. The van der Waals surface area contributed by atoms with Gasteiger partial charge in [-0.25, -0.2) is 13.4 Å². The number of ether oxygens (including phenoxy) is 1. The lowest BCUT2D eigenvalue weighted by atomic mass is 10.0. The highest BCUT2D eigenvalue weighted by Crippen LogP contribution is 2.30. The van der Waals surface area contributed by atoms with Gasteiger partial charge in [-0.1, -0.05) is 30.3 Å². The Bertz CT molecular complexity index is 2360. The van der Waals surface area contributed by atoms with Crippen molar-refractivity contribution < 1.29 is 46.7 Å². The fourth-order valence-corrected chi connectivity index (χ4v) is 7.63. The van der Waals surface area contributed by atoms with E-state index in [-0.39, 0.29) is 55.1 Å². The Labute approximate surface area is 343 Å². The minimum absolute atomic E-state index is 0.0267. The van der Waals surface area contributed by atoms with Gasteiger partial charge < -0.3 is 26.0 Å². The van der Waals surface area contributed by atoms with Crippen molar-refractivity contribution in [2.75, 3.05) is 43.2 Å². The summed E-state index contributed by atoms with van der Waals surface area (Å²) in [6.07, 6.45) is 5.30. The molecule has 0 aliphatic carbocycles. The molecule has 18 nitrogen and oxygen atoms in total. The monoisotopic (exact) mass is 846 g/mol. The summed E-state index contributed by atoms with van der Waals surface area (Å²) < 4.78 is 30.4.